The fraction of sp³-hybridized carbons (Fsp3) is 0.583. The van der Waals surface area contributed by atoms with E-state index in [4.69, 9.17) is 5.73 Å². The van der Waals surface area contributed by atoms with E-state index in [9.17, 15) is 0 Å². The highest BCUT2D eigenvalue weighted by Crippen LogP contribution is 2.31. The lowest BCUT2D eigenvalue weighted by Crippen LogP contribution is -2.30. The van der Waals surface area contributed by atoms with Gasteiger partial charge in [-0.3, -0.25) is 0 Å². The topological polar surface area (TPSA) is 42.1 Å². The number of nitrogen functional groups attached to an aromatic ring is 1. The van der Waals surface area contributed by atoms with Gasteiger partial charge in [-0.15, -0.1) is 0 Å². The first-order chi connectivity index (χ1) is 7.16. The summed E-state index contributed by atoms with van der Waals surface area (Å²) < 4.78 is 0. The highest BCUT2D eigenvalue weighted by Gasteiger charge is 2.30. The number of nitrogens with two attached hydrogens (primary N) is 1. The van der Waals surface area contributed by atoms with Gasteiger partial charge in [0.15, 0.2) is 0 Å². The summed E-state index contributed by atoms with van der Waals surface area (Å²) in [5, 5.41) is 0. The second-order valence-corrected chi connectivity index (χ2v) is 4.72. The molecule has 0 bridgehead atoms. The van der Waals surface area contributed by atoms with Gasteiger partial charge in [-0.25, -0.2) is 4.98 Å². The Hall–Kier alpha value is -1.25. The number of nitrogens with zero attached hydrogens (tertiary/aromatic N) is 2. The number of aromatic nitrogens is 1. The largest absolute Gasteiger partial charge is 0.399 e. The molecule has 82 valence electrons. The molecule has 15 heavy (non-hydrogen) atoms. The SMILES string of the molecule is CC(C)CN(c1cc(N)ccn1)C1CC1. The van der Waals surface area contributed by atoms with Crippen LogP contribution in [0.2, 0.25) is 0 Å². The predicted molar refractivity (Wildman–Crippen MR) is 63.9 cm³/mol. The number of anilines is 2. The number of hydrogen-bond acceptors (Lipinski definition) is 3. The lowest BCUT2D eigenvalue weighted by atomic mass is 10.2. The lowest BCUT2D eigenvalue weighted by molar-refractivity contribution is 0.603. The maximum absolute atomic E-state index is 5.78. The van der Waals surface area contributed by atoms with Gasteiger partial charge in [0, 0.05) is 30.5 Å². The Morgan fingerprint density at radius 1 is 1.53 bits per heavy atom. The van der Waals surface area contributed by atoms with Crippen LogP contribution < -0.4 is 10.6 Å². The van der Waals surface area contributed by atoms with Crippen LogP contribution in [0, 0.1) is 5.92 Å². The molecule has 3 heteroatoms. The van der Waals surface area contributed by atoms with E-state index in [0.717, 1.165) is 18.1 Å². The van der Waals surface area contributed by atoms with E-state index < -0.39 is 0 Å². The van der Waals surface area contributed by atoms with Crippen molar-refractivity contribution in [3.05, 3.63) is 18.3 Å². The van der Waals surface area contributed by atoms with Gasteiger partial charge in [0.25, 0.3) is 0 Å². The zero-order chi connectivity index (χ0) is 10.8. The summed E-state index contributed by atoms with van der Waals surface area (Å²) in [6.45, 7) is 5.55. The van der Waals surface area contributed by atoms with E-state index in [1.807, 2.05) is 12.1 Å². The molecule has 0 spiro atoms. The maximum Gasteiger partial charge on any atom is 0.130 e. The smallest absolute Gasteiger partial charge is 0.130 e. The summed E-state index contributed by atoms with van der Waals surface area (Å²) in [6.07, 6.45) is 4.38. The molecule has 3 nitrogen and oxygen atoms in total. The van der Waals surface area contributed by atoms with Crippen molar-refractivity contribution < 1.29 is 0 Å². The summed E-state index contributed by atoms with van der Waals surface area (Å²) in [5.41, 5.74) is 6.58. The van der Waals surface area contributed by atoms with E-state index in [-0.39, 0.29) is 0 Å². The van der Waals surface area contributed by atoms with Crippen LogP contribution in [0.15, 0.2) is 18.3 Å². The van der Waals surface area contributed by atoms with Crippen molar-refractivity contribution >= 4 is 11.5 Å². The fourth-order valence-corrected chi connectivity index (χ4v) is 1.80. The summed E-state index contributed by atoms with van der Waals surface area (Å²) >= 11 is 0. The minimum absolute atomic E-state index is 0.661. The Bertz CT molecular complexity index is 331. The van der Waals surface area contributed by atoms with Crippen molar-refractivity contribution in [2.24, 2.45) is 5.92 Å². The van der Waals surface area contributed by atoms with Crippen LogP contribution in [0.1, 0.15) is 26.7 Å². The maximum atomic E-state index is 5.78. The monoisotopic (exact) mass is 205 g/mol. The molecule has 1 aromatic heterocycles. The molecule has 0 radical (unpaired) electrons. The van der Waals surface area contributed by atoms with Gasteiger partial charge in [-0.05, 0) is 24.8 Å². The van der Waals surface area contributed by atoms with Crippen LogP contribution in [0.25, 0.3) is 0 Å². The fourth-order valence-electron chi connectivity index (χ4n) is 1.80. The zero-order valence-corrected chi connectivity index (χ0v) is 9.48. The zero-order valence-electron chi connectivity index (χ0n) is 9.48. The van der Waals surface area contributed by atoms with Gasteiger partial charge in [0.2, 0.25) is 0 Å². The molecular weight excluding hydrogens is 186 g/mol. The molecule has 0 saturated heterocycles. The van der Waals surface area contributed by atoms with E-state index in [1.54, 1.807) is 6.20 Å². The quantitative estimate of drug-likeness (QED) is 0.820. The standard InChI is InChI=1S/C12H19N3/c1-9(2)8-15(11-3-4-11)12-7-10(13)5-6-14-12/h5-7,9,11H,3-4,8H2,1-2H3,(H2,13,14). The van der Waals surface area contributed by atoms with Crippen LogP contribution in [-0.4, -0.2) is 17.6 Å². The molecule has 0 amide bonds. The van der Waals surface area contributed by atoms with E-state index in [0.29, 0.717) is 12.0 Å². The summed E-state index contributed by atoms with van der Waals surface area (Å²) in [5.74, 6) is 1.69. The normalized spacial score (nSPS) is 15.7. The molecule has 0 aliphatic heterocycles. The van der Waals surface area contributed by atoms with Crippen molar-refractivity contribution in [2.45, 2.75) is 32.7 Å². The molecule has 0 atom stereocenters. The molecule has 2 rings (SSSR count). The summed E-state index contributed by atoms with van der Waals surface area (Å²) in [7, 11) is 0. The summed E-state index contributed by atoms with van der Waals surface area (Å²) in [6, 6.07) is 4.51. The Morgan fingerprint density at radius 2 is 2.27 bits per heavy atom. The second-order valence-electron chi connectivity index (χ2n) is 4.72. The van der Waals surface area contributed by atoms with Crippen LogP contribution in [0.4, 0.5) is 11.5 Å². The van der Waals surface area contributed by atoms with Crippen LogP contribution >= 0.6 is 0 Å². The third kappa shape index (κ3) is 2.61. The van der Waals surface area contributed by atoms with Crippen molar-refractivity contribution in [3.8, 4) is 0 Å². The third-order valence-corrected chi connectivity index (χ3v) is 2.61. The number of pyridine rings is 1. The Labute approximate surface area is 91.3 Å². The molecule has 1 fully saturated rings. The molecule has 0 unspecified atom stereocenters. The van der Waals surface area contributed by atoms with E-state index >= 15 is 0 Å². The molecule has 1 heterocycles. The minimum Gasteiger partial charge on any atom is -0.399 e. The van der Waals surface area contributed by atoms with Gasteiger partial charge in [-0.1, -0.05) is 13.8 Å². The lowest BCUT2D eigenvalue weighted by Gasteiger charge is -2.25. The molecule has 1 aliphatic rings. The average molecular weight is 205 g/mol. The minimum atomic E-state index is 0.661. The highest BCUT2D eigenvalue weighted by atomic mass is 15.2. The summed E-state index contributed by atoms with van der Waals surface area (Å²) in [4.78, 5) is 6.79. The van der Waals surface area contributed by atoms with Crippen molar-refractivity contribution in [2.75, 3.05) is 17.2 Å². The van der Waals surface area contributed by atoms with Gasteiger partial charge in [0.1, 0.15) is 5.82 Å². The van der Waals surface area contributed by atoms with E-state index in [1.165, 1.54) is 12.8 Å². The molecule has 1 saturated carbocycles. The van der Waals surface area contributed by atoms with Crippen LogP contribution in [-0.2, 0) is 0 Å². The van der Waals surface area contributed by atoms with Crippen molar-refractivity contribution in [1.82, 2.24) is 4.98 Å². The molecule has 1 aromatic rings. The van der Waals surface area contributed by atoms with Gasteiger partial charge in [0.05, 0.1) is 0 Å². The molecule has 0 aromatic carbocycles. The predicted octanol–water partition coefficient (Wildman–Crippen LogP) is 2.29. The number of hydrogen-bond donors (Lipinski definition) is 1. The first kappa shape index (κ1) is 10.3. The van der Waals surface area contributed by atoms with Crippen LogP contribution in [0.3, 0.4) is 0 Å². The Kier molecular flexibility index (Phi) is 2.80. The van der Waals surface area contributed by atoms with Gasteiger partial charge >= 0.3 is 0 Å². The van der Waals surface area contributed by atoms with Crippen molar-refractivity contribution in [1.29, 1.82) is 0 Å². The second kappa shape index (κ2) is 4.09. The average Bonchev–Trinajstić information content (AvgIpc) is 2.97. The van der Waals surface area contributed by atoms with Gasteiger partial charge < -0.3 is 10.6 Å². The number of rotatable bonds is 4. The molecular formula is C12H19N3. The highest BCUT2D eigenvalue weighted by molar-refractivity contribution is 5.51. The first-order valence-corrected chi connectivity index (χ1v) is 5.65. The first-order valence-electron chi connectivity index (χ1n) is 5.65. The van der Waals surface area contributed by atoms with Crippen LogP contribution in [0.5, 0.6) is 0 Å². The Balaban J connectivity index is 2.16. The molecule has 2 N–H and O–H groups in total. The Morgan fingerprint density at radius 3 is 2.80 bits per heavy atom. The van der Waals surface area contributed by atoms with Crippen molar-refractivity contribution in [3.63, 3.8) is 0 Å². The van der Waals surface area contributed by atoms with Gasteiger partial charge in [-0.2, -0.15) is 0 Å². The molecule has 1 aliphatic carbocycles. The van der Waals surface area contributed by atoms with E-state index in [2.05, 4.69) is 23.7 Å². The third-order valence-electron chi connectivity index (χ3n) is 2.61.